The number of carboxylic acid groups (broad SMARTS) is 1. The molecule has 0 fully saturated rings. The molecule has 0 saturated carbocycles. The van der Waals surface area contributed by atoms with Crippen molar-refractivity contribution < 1.29 is 24.2 Å². The van der Waals surface area contributed by atoms with E-state index in [1.807, 2.05) is 0 Å². The third-order valence-electron chi connectivity index (χ3n) is 1.97. The molecule has 0 spiro atoms. The Balaban J connectivity index is 3.68. The van der Waals surface area contributed by atoms with Crippen LogP contribution in [0.1, 0.15) is 6.42 Å². The van der Waals surface area contributed by atoms with Crippen molar-refractivity contribution in [3.63, 3.8) is 0 Å². The van der Waals surface area contributed by atoms with Crippen LogP contribution in [0.5, 0.6) is 0 Å². The number of aliphatic carboxylic acids is 1. The number of urea groups is 1. The van der Waals surface area contributed by atoms with Crippen LogP contribution in [-0.2, 0) is 14.3 Å². The Bertz CT molecular complexity index is 270. The molecular formula is C11H20N2O5. The van der Waals surface area contributed by atoms with Gasteiger partial charge in [0.2, 0.25) is 0 Å². The topological polar surface area (TPSA) is 96.9 Å². The zero-order valence-corrected chi connectivity index (χ0v) is 10.5. The molecule has 0 aliphatic carbocycles. The van der Waals surface area contributed by atoms with Gasteiger partial charge in [0.05, 0.1) is 19.8 Å². The minimum absolute atomic E-state index is 0.174. The van der Waals surface area contributed by atoms with Crippen molar-refractivity contribution in [2.24, 2.45) is 0 Å². The second kappa shape index (κ2) is 10.5. The quantitative estimate of drug-likeness (QED) is 0.379. The molecule has 0 saturated heterocycles. The summed E-state index contributed by atoms with van der Waals surface area (Å²) in [6.45, 7) is 5.02. The first-order valence-corrected chi connectivity index (χ1v) is 5.56. The van der Waals surface area contributed by atoms with Crippen molar-refractivity contribution in [1.29, 1.82) is 0 Å². The molecule has 0 aliphatic rings. The standard InChI is InChI=1S/C11H20N2O5/c1-3-4-9(10(14)15)13-11(16)12-5-6-18-8-7-17-2/h3,9H,1,4-8H2,2H3,(H,14,15)(H2,12,13,16). The van der Waals surface area contributed by atoms with Gasteiger partial charge in [-0.25, -0.2) is 9.59 Å². The first-order chi connectivity index (χ1) is 8.61. The Labute approximate surface area is 106 Å². The van der Waals surface area contributed by atoms with Crippen molar-refractivity contribution in [1.82, 2.24) is 10.6 Å². The van der Waals surface area contributed by atoms with Gasteiger partial charge in [-0.3, -0.25) is 0 Å². The van der Waals surface area contributed by atoms with Crippen LogP contribution in [0.15, 0.2) is 12.7 Å². The molecule has 0 aromatic rings. The summed E-state index contributed by atoms with van der Waals surface area (Å²) in [6, 6.07) is -1.50. The number of hydrogen-bond acceptors (Lipinski definition) is 4. The van der Waals surface area contributed by atoms with E-state index in [0.29, 0.717) is 26.4 Å². The van der Waals surface area contributed by atoms with E-state index in [-0.39, 0.29) is 6.42 Å². The lowest BCUT2D eigenvalue weighted by Gasteiger charge is -2.13. The Kier molecular flexibility index (Phi) is 9.61. The van der Waals surface area contributed by atoms with Crippen molar-refractivity contribution in [3.8, 4) is 0 Å². The van der Waals surface area contributed by atoms with Crippen LogP contribution < -0.4 is 10.6 Å². The molecule has 3 N–H and O–H groups in total. The molecular weight excluding hydrogens is 240 g/mol. The molecule has 104 valence electrons. The summed E-state index contributed by atoms with van der Waals surface area (Å²) in [5.74, 6) is -1.10. The molecule has 0 rings (SSSR count). The number of rotatable bonds is 10. The van der Waals surface area contributed by atoms with Crippen LogP contribution in [0.4, 0.5) is 4.79 Å². The zero-order valence-electron chi connectivity index (χ0n) is 10.5. The number of nitrogens with one attached hydrogen (secondary N) is 2. The van der Waals surface area contributed by atoms with Gasteiger partial charge in [0.1, 0.15) is 6.04 Å². The largest absolute Gasteiger partial charge is 0.480 e. The number of hydrogen-bond donors (Lipinski definition) is 3. The van der Waals surface area contributed by atoms with Gasteiger partial charge >= 0.3 is 12.0 Å². The molecule has 0 aromatic heterocycles. The predicted octanol–water partition coefficient (Wildman–Crippen LogP) is -0.0221. The average molecular weight is 260 g/mol. The van der Waals surface area contributed by atoms with E-state index < -0.39 is 18.0 Å². The predicted molar refractivity (Wildman–Crippen MR) is 65.5 cm³/mol. The summed E-state index contributed by atoms with van der Waals surface area (Å²) < 4.78 is 9.90. The summed E-state index contributed by atoms with van der Waals surface area (Å²) >= 11 is 0. The fourth-order valence-corrected chi connectivity index (χ4v) is 1.08. The van der Waals surface area contributed by atoms with Crippen molar-refractivity contribution in [3.05, 3.63) is 12.7 Å². The monoisotopic (exact) mass is 260 g/mol. The second-order valence-corrected chi connectivity index (χ2v) is 3.42. The summed E-state index contributed by atoms with van der Waals surface area (Å²) in [7, 11) is 1.57. The molecule has 2 amide bonds. The number of carboxylic acids is 1. The Morgan fingerprint density at radius 2 is 2.11 bits per heavy atom. The maximum absolute atomic E-state index is 11.3. The van der Waals surface area contributed by atoms with E-state index in [4.69, 9.17) is 14.6 Å². The van der Waals surface area contributed by atoms with Crippen molar-refractivity contribution in [2.45, 2.75) is 12.5 Å². The van der Waals surface area contributed by atoms with Crippen LogP contribution in [-0.4, -0.2) is 56.6 Å². The van der Waals surface area contributed by atoms with Gasteiger partial charge in [-0.05, 0) is 6.42 Å². The SMILES string of the molecule is C=CCC(NC(=O)NCCOCCOC)C(=O)O. The number of amides is 2. The highest BCUT2D eigenvalue weighted by Gasteiger charge is 2.17. The summed E-state index contributed by atoms with van der Waals surface area (Å²) in [5, 5.41) is 13.6. The first kappa shape index (κ1) is 16.4. The molecule has 0 aromatic carbocycles. The van der Waals surface area contributed by atoms with E-state index in [1.165, 1.54) is 6.08 Å². The maximum Gasteiger partial charge on any atom is 0.326 e. The van der Waals surface area contributed by atoms with Crippen LogP contribution in [0, 0.1) is 0 Å². The lowest BCUT2D eigenvalue weighted by Crippen LogP contribution is -2.46. The molecule has 0 radical (unpaired) electrons. The lowest BCUT2D eigenvalue weighted by molar-refractivity contribution is -0.139. The summed E-state index contributed by atoms with van der Waals surface area (Å²) in [4.78, 5) is 22.1. The third kappa shape index (κ3) is 8.54. The van der Waals surface area contributed by atoms with Gasteiger partial charge in [-0.1, -0.05) is 6.08 Å². The van der Waals surface area contributed by atoms with E-state index in [0.717, 1.165) is 0 Å². The van der Waals surface area contributed by atoms with Crippen LogP contribution >= 0.6 is 0 Å². The number of methoxy groups -OCH3 is 1. The highest BCUT2D eigenvalue weighted by molar-refractivity contribution is 5.82. The van der Waals surface area contributed by atoms with Crippen LogP contribution in [0.3, 0.4) is 0 Å². The number of carbonyl (C=O) groups excluding carboxylic acids is 1. The number of carbonyl (C=O) groups is 2. The second-order valence-electron chi connectivity index (χ2n) is 3.42. The minimum Gasteiger partial charge on any atom is -0.480 e. The molecule has 0 heterocycles. The smallest absolute Gasteiger partial charge is 0.326 e. The number of ether oxygens (including phenoxy) is 2. The van der Waals surface area contributed by atoms with Gasteiger partial charge < -0.3 is 25.2 Å². The fraction of sp³-hybridized carbons (Fsp3) is 0.636. The Morgan fingerprint density at radius 1 is 1.39 bits per heavy atom. The first-order valence-electron chi connectivity index (χ1n) is 5.56. The highest BCUT2D eigenvalue weighted by Crippen LogP contribution is 1.92. The lowest BCUT2D eigenvalue weighted by atomic mass is 10.2. The molecule has 0 aliphatic heterocycles. The van der Waals surface area contributed by atoms with Crippen LogP contribution in [0.25, 0.3) is 0 Å². The van der Waals surface area contributed by atoms with Crippen LogP contribution in [0.2, 0.25) is 0 Å². The Hall–Kier alpha value is -1.60. The van der Waals surface area contributed by atoms with Crippen molar-refractivity contribution >= 4 is 12.0 Å². The maximum atomic E-state index is 11.3. The molecule has 0 bridgehead atoms. The normalized spacial score (nSPS) is 11.6. The van der Waals surface area contributed by atoms with Gasteiger partial charge in [-0.2, -0.15) is 0 Å². The summed E-state index contributed by atoms with van der Waals surface area (Å²) in [6.07, 6.45) is 1.61. The third-order valence-corrected chi connectivity index (χ3v) is 1.97. The molecule has 18 heavy (non-hydrogen) atoms. The van der Waals surface area contributed by atoms with Gasteiger partial charge in [0.25, 0.3) is 0 Å². The molecule has 7 heteroatoms. The fourth-order valence-electron chi connectivity index (χ4n) is 1.08. The van der Waals surface area contributed by atoms with E-state index in [1.54, 1.807) is 7.11 Å². The Morgan fingerprint density at radius 3 is 2.67 bits per heavy atom. The molecule has 1 unspecified atom stereocenters. The average Bonchev–Trinajstić information content (AvgIpc) is 2.33. The van der Waals surface area contributed by atoms with E-state index in [2.05, 4.69) is 17.2 Å². The molecule has 7 nitrogen and oxygen atoms in total. The van der Waals surface area contributed by atoms with E-state index >= 15 is 0 Å². The van der Waals surface area contributed by atoms with Gasteiger partial charge in [0.15, 0.2) is 0 Å². The highest BCUT2D eigenvalue weighted by atomic mass is 16.5. The van der Waals surface area contributed by atoms with Gasteiger partial charge in [0, 0.05) is 13.7 Å². The molecule has 1 atom stereocenters. The van der Waals surface area contributed by atoms with Crippen molar-refractivity contribution in [2.75, 3.05) is 33.5 Å². The van der Waals surface area contributed by atoms with Gasteiger partial charge in [-0.15, -0.1) is 6.58 Å². The minimum atomic E-state index is -1.10. The van der Waals surface area contributed by atoms with E-state index in [9.17, 15) is 9.59 Å². The zero-order chi connectivity index (χ0) is 13.8. The summed E-state index contributed by atoms with van der Waals surface area (Å²) in [5.41, 5.74) is 0.